The number of rotatable bonds is 2. The van der Waals surface area contributed by atoms with Gasteiger partial charge in [0.15, 0.2) is 0 Å². The Kier molecular flexibility index (Phi) is 1.88. The van der Waals surface area contributed by atoms with E-state index in [1.54, 1.807) is 0 Å². The number of halogens is 1. The number of carbonyl (C=O) groups is 1. The molecule has 0 aliphatic heterocycles. The Hall–Kier alpha value is -1.38. The van der Waals surface area contributed by atoms with Gasteiger partial charge in [0.05, 0.1) is 6.42 Å². The van der Waals surface area contributed by atoms with E-state index in [4.69, 9.17) is 5.11 Å². The van der Waals surface area contributed by atoms with Gasteiger partial charge in [-0.05, 0) is 47.9 Å². The number of benzene rings is 1. The molecule has 2 aliphatic rings. The fourth-order valence-electron chi connectivity index (χ4n) is 3.07. The van der Waals surface area contributed by atoms with E-state index in [1.165, 1.54) is 12.1 Å². The zero-order chi connectivity index (χ0) is 11.3. The molecule has 2 nitrogen and oxygen atoms in total. The van der Waals surface area contributed by atoms with Gasteiger partial charge in [0.25, 0.3) is 0 Å². The topological polar surface area (TPSA) is 37.3 Å². The number of hydrogen-bond acceptors (Lipinski definition) is 1. The van der Waals surface area contributed by atoms with E-state index in [2.05, 4.69) is 0 Å². The highest BCUT2D eigenvalue weighted by molar-refractivity contribution is 5.69. The van der Waals surface area contributed by atoms with Gasteiger partial charge in [-0.1, -0.05) is 6.07 Å². The lowest BCUT2D eigenvalue weighted by atomic mass is 9.87. The van der Waals surface area contributed by atoms with Crippen LogP contribution in [0.3, 0.4) is 0 Å². The molecular formula is C13H13FO2. The second kappa shape index (κ2) is 3.06. The average Bonchev–Trinajstić information content (AvgIpc) is 2.92. The van der Waals surface area contributed by atoms with Crippen LogP contribution in [0.15, 0.2) is 18.2 Å². The lowest BCUT2D eigenvalue weighted by molar-refractivity contribution is -0.137. The van der Waals surface area contributed by atoms with Gasteiger partial charge in [0.2, 0.25) is 0 Å². The zero-order valence-corrected chi connectivity index (χ0v) is 8.87. The third-order valence-corrected chi connectivity index (χ3v) is 4.04. The van der Waals surface area contributed by atoms with Crippen molar-refractivity contribution in [1.29, 1.82) is 0 Å². The maximum absolute atomic E-state index is 13.2. The highest BCUT2D eigenvalue weighted by atomic mass is 19.1. The van der Waals surface area contributed by atoms with E-state index < -0.39 is 5.97 Å². The second-order valence-electron chi connectivity index (χ2n) is 5.03. The van der Waals surface area contributed by atoms with Crippen LogP contribution in [0.5, 0.6) is 0 Å². The van der Waals surface area contributed by atoms with Crippen LogP contribution in [0.25, 0.3) is 0 Å². The number of fused-ring (bicyclic) bond motifs is 1. The summed E-state index contributed by atoms with van der Waals surface area (Å²) in [7, 11) is 0. The lowest BCUT2D eigenvalue weighted by Gasteiger charge is -2.17. The molecular weight excluding hydrogens is 207 g/mol. The Balaban J connectivity index is 2.02. The number of aliphatic carboxylic acids is 1. The minimum absolute atomic E-state index is 0.0238. The molecule has 1 N–H and O–H groups in total. The smallest absolute Gasteiger partial charge is 0.303 e. The van der Waals surface area contributed by atoms with Crippen molar-refractivity contribution < 1.29 is 14.3 Å². The maximum Gasteiger partial charge on any atom is 0.303 e. The SMILES string of the molecule is O=C(O)C[C@@H]1c2cc(F)ccc2CC12CC2. The van der Waals surface area contributed by atoms with Gasteiger partial charge in [0, 0.05) is 5.92 Å². The van der Waals surface area contributed by atoms with Crippen LogP contribution < -0.4 is 0 Å². The zero-order valence-electron chi connectivity index (χ0n) is 8.87. The van der Waals surface area contributed by atoms with Gasteiger partial charge in [-0.3, -0.25) is 4.79 Å². The van der Waals surface area contributed by atoms with Gasteiger partial charge >= 0.3 is 5.97 Å². The van der Waals surface area contributed by atoms with Crippen LogP contribution in [-0.4, -0.2) is 11.1 Å². The fraction of sp³-hybridized carbons (Fsp3) is 0.462. The summed E-state index contributed by atoms with van der Waals surface area (Å²) in [6.45, 7) is 0. The largest absolute Gasteiger partial charge is 0.481 e. The first-order valence-electron chi connectivity index (χ1n) is 5.61. The van der Waals surface area contributed by atoms with Gasteiger partial charge in [-0.2, -0.15) is 0 Å². The minimum atomic E-state index is -0.784. The molecule has 0 unspecified atom stereocenters. The van der Waals surface area contributed by atoms with Crippen molar-refractivity contribution in [3.63, 3.8) is 0 Å². The predicted molar refractivity (Wildman–Crippen MR) is 56.8 cm³/mol. The fourth-order valence-corrected chi connectivity index (χ4v) is 3.07. The van der Waals surface area contributed by atoms with Crippen molar-refractivity contribution in [1.82, 2.24) is 0 Å². The molecule has 0 saturated heterocycles. The Morgan fingerprint density at radius 3 is 2.88 bits per heavy atom. The monoisotopic (exact) mass is 220 g/mol. The Labute approximate surface area is 93.1 Å². The third kappa shape index (κ3) is 1.34. The van der Waals surface area contributed by atoms with Crippen molar-refractivity contribution in [3.05, 3.63) is 35.1 Å². The molecule has 1 aromatic carbocycles. The van der Waals surface area contributed by atoms with Crippen LogP contribution >= 0.6 is 0 Å². The van der Waals surface area contributed by atoms with Crippen molar-refractivity contribution in [2.24, 2.45) is 5.41 Å². The summed E-state index contributed by atoms with van der Waals surface area (Å²) >= 11 is 0. The summed E-state index contributed by atoms with van der Waals surface area (Å²) in [5.41, 5.74) is 2.22. The summed E-state index contributed by atoms with van der Waals surface area (Å²) in [4.78, 5) is 10.9. The lowest BCUT2D eigenvalue weighted by Crippen LogP contribution is -2.13. The van der Waals surface area contributed by atoms with Crippen molar-refractivity contribution in [2.75, 3.05) is 0 Å². The molecule has 1 spiro atoms. The first kappa shape index (κ1) is 9.82. The Bertz CT molecular complexity index is 463. The van der Waals surface area contributed by atoms with Crippen molar-refractivity contribution in [2.45, 2.75) is 31.6 Å². The second-order valence-corrected chi connectivity index (χ2v) is 5.03. The van der Waals surface area contributed by atoms with E-state index in [0.717, 1.165) is 30.4 Å². The molecule has 0 bridgehead atoms. The number of carboxylic acid groups (broad SMARTS) is 1. The van der Waals surface area contributed by atoms with Crippen molar-refractivity contribution >= 4 is 5.97 Å². The van der Waals surface area contributed by atoms with E-state index in [-0.39, 0.29) is 23.6 Å². The van der Waals surface area contributed by atoms with E-state index in [0.29, 0.717) is 0 Å². The normalized spacial score (nSPS) is 24.4. The van der Waals surface area contributed by atoms with Crippen LogP contribution in [0, 0.1) is 11.2 Å². The average molecular weight is 220 g/mol. The molecule has 1 aromatic rings. The molecule has 3 rings (SSSR count). The molecule has 0 heterocycles. The highest BCUT2D eigenvalue weighted by Crippen LogP contribution is 2.64. The summed E-state index contributed by atoms with van der Waals surface area (Å²) in [6.07, 6.45) is 3.24. The number of hydrogen-bond donors (Lipinski definition) is 1. The summed E-state index contributed by atoms with van der Waals surface area (Å²) in [5, 5.41) is 8.94. The van der Waals surface area contributed by atoms with E-state index in [1.807, 2.05) is 6.07 Å². The molecule has 1 saturated carbocycles. The highest BCUT2D eigenvalue weighted by Gasteiger charge is 2.54. The van der Waals surface area contributed by atoms with Crippen LogP contribution in [-0.2, 0) is 11.2 Å². The van der Waals surface area contributed by atoms with Gasteiger partial charge in [-0.15, -0.1) is 0 Å². The van der Waals surface area contributed by atoms with Crippen molar-refractivity contribution in [3.8, 4) is 0 Å². The summed E-state index contributed by atoms with van der Waals surface area (Å²) < 4.78 is 13.2. The predicted octanol–water partition coefficient (Wildman–Crippen LogP) is 2.72. The van der Waals surface area contributed by atoms with Gasteiger partial charge in [-0.25, -0.2) is 4.39 Å². The van der Waals surface area contributed by atoms with E-state index in [9.17, 15) is 9.18 Å². The maximum atomic E-state index is 13.2. The quantitative estimate of drug-likeness (QED) is 0.832. The summed E-state index contributed by atoms with van der Waals surface area (Å²) in [6, 6.07) is 4.81. The van der Waals surface area contributed by atoms with Crippen LogP contribution in [0.2, 0.25) is 0 Å². The molecule has 0 aromatic heterocycles. The molecule has 0 radical (unpaired) electrons. The molecule has 3 heteroatoms. The summed E-state index contributed by atoms with van der Waals surface area (Å²) in [5.74, 6) is -1.02. The molecule has 0 amide bonds. The number of carboxylic acids is 1. The molecule has 1 atom stereocenters. The van der Waals surface area contributed by atoms with Crippen LogP contribution in [0.4, 0.5) is 4.39 Å². The standard InChI is InChI=1S/C13H13FO2/c14-9-2-1-8-7-13(3-4-13)11(6-12(15)16)10(8)5-9/h1-2,5,11H,3-4,6-7H2,(H,15,16)/t11-/m1/s1. The van der Waals surface area contributed by atoms with Gasteiger partial charge in [0.1, 0.15) is 5.82 Å². The first-order chi connectivity index (χ1) is 7.61. The van der Waals surface area contributed by atoms with E-state index >= 15 is 0 Å². The van der Waals surface area contributed by atoms with Crippen LogP contribution in [0.1, 0.15) is 36.3 Å². The Morgan fingerprint density at radius 1 is 1.50 bits per heavy atom. The van der Waals surface area contributed by atoms with Gasteiger partial charge < -0.3 is 5.11 Å². The Morgan fingerprint density at radius 2 is 2.25 bits per heavy atom. The minimum Gasteiger partial charge on any atom is -0.481 e. The first-order valence-corrected chi connectivity index (χ1v) is 5.61. The third-order valence-electron chi connectivity index (χ3n) is 4.04. The molecule has 2 aliphatic carbocycles. The molecule has 1 fully saturated rings. The molecule has 84 valence electrons. The molecule has 16 heavy (non-hydrogen) atoms.